The molecule has 0 unspecified atom stereocenters. The van der Waals surface area contributed by atoms with Crippen LogP contribution in [0.2, 0.25) is 0 Å². The van der Waals surface area contributed by atoms with Gasteiger partial charge in [0, 0.05) is 17.6 Å². The molecule has 0 radical (unpaired) electrons. The maximum atomic E-state index is 12.2. The van der Waals surface area contributed by atoms with Crippen LogP contribution in [0.5, 0.6) is 0 Å². The SMILES string of the molecule is CCOC(=O)c1ccc(NC(=O)/C(C#N)=C\Nc2ccc(C#N)cc2)cc1. The molecule has 27 heavy (non-hydrogen) atoms. The Labute approximate surface area is 156 Å². The van der Waals surface area contributed by atoms with E-state index in [2.05, 4.69) is 10.6 Å². The van der Waals surface area contributed by atoms with E-state index in [0.29, 0.717) is 22.5 Å². The van der Waals surface area contributed by atoms with Crippen LogP contribution in [0.15, 0.2) is 60.3 Å². The molecule has 0 saturated heterocycles. The fraction of sp³-hybridized carbons (Fsp3) is 0.100. The minimum atomic E-state index is -0.595. The number of esters is 1. The Balaban J connectivity index is 2.02. The van der Waals surface area contributed by atoms with Crippen molar-refractivity contribution in [3.8, 4) is 12.1 Å². The van der Waals surface area contributed by atoms with Crippen LogP contribution in [0.25, 0.3) is 0 Å². The third-order valence-corrected chi connectivity index (χ3v) is 3.42. The number of amides is 1. The Morgan fingerprint density at radius 2 is 1.67 bits per heavy atom. The summed E-state index contributed by atoms with van der Waals surface area (Å²) in [7, 11) is 0. The summed E-state index contributed by atoms with van der Waals surface area (Å²) in [6.07, 6.45) is 1.28. The van der Waals surface area contributed by atoms with E-state index >= 15 is 0 Å². The van der Waals surface area contributed by atoms with E-state index in [0.717, 1.165) is 0 Å². The first kappa shape index (κ1) is 19.2. The molecule has 0 heterocycles. The zero-order valence-electron chi connectivity index (χ0n) is 14.5. The summed E-state index contributed by atoms with van der Waals surface area (Å²) in [6, 6.07) is 16.5. The lowest BCUT2D eigenvalue weighted by molar-refractivity contribution is -0.112. The summed E-state index contributed by atoms with van der Waals surface area (Å²) in [5.41, 5.74) is 1.82. The van der Waals surface area contributed by atoms with E-state index in [1.54, 1.807) is 43.3 Å². The van der Waals surface area contributed by atoms with Crippen molar-refractivity contribution in [2.75, 3.05) is 17.2 Å². The highest BCUT2D eigenvalue weighted by Crippen LogP contribution is 2.13. The van der Waals surface area contributed by atoms with Gasteiger partial charge < -0.3 is 15.4 Å². The van der Waals surface area contributed by atoms with Gasteiger partial charge in [0.2, 0.25) is 0 Å². The number of benzene rings is 2. The van der Waals surface area contributed by atoms with Gasteiger partial charge in [-0.25, -0.2) is 4.79 Å². The summed E-state index contributed by atoms with van der Waals surface area (Å²) >= 11 is 0. The number of rotatable bonds is 6. The van der Waals surface area contributed by atoms with Crippen LogP contribution < -0.4 is 10.6 Å². The van der Waals surface area contributed by atoms with Gasteiger partial charge in [0.25, 0.3) is 5.91 Å². The van der Waals surface area contributed by atoms with Crippen molar-refractivity contribution in [2.45, 2.75) is 6.92 Å². The molecule has 2 aromatic rings. The monoisotopic (exact) mass is 360 g/mol. The second kappa shape index (κ2) is 9.40. The predicted octanol–water partition coefficient (Wildman–Crippen LogP) is 3.19. The number of carbonyl (C=O) groups is 2. The molecule has 0 bridgehead atoms. The smallest absolute Gasteiger partial charge is 0.338 e. The molecule has 0 aliphatic carbocycles. The number of anilines is 2. The largest absolute Gasteiger partial charge is 0.462 e. The zero-order valence-corrected chi connectivity index (χ0v) is 14.5. The highest BCUT2D eigenvalue weighted by Gasteiger charge is 2.11. The topological polar surface area (TPSA) is 115 Å². The minimum absolute atomic E-state index is 0.131. The van der Waals surface area contributed by atoms with Crippen molar-refractivity contribution < 1.29 is 14.3 Å². The Morgan fingerprint density at radius 1 is 1.04 bits per heavy atom. The number of hydrogen-bond acceptors (Lipinski definition) is 6. The molecule has 0 fully saturated rings. The van der Waals surface area contributed by atoms with Crippen molar-refractivity contribution in [2.24, 2.45) is 0 Å². The number of hydrogen-bond donors (Lipinski definition) is 2. The first-order valence-electron chi connectivity index (χ1n) is 8.03. The molecule has 7 nitrogen and oxygen atoms in total. The van der Waals surface area contributed by atoms with Crippen molar-refractivity contribution >= 4 is 23.3 Å². The van der Waals surface area contributed by atoms with Crippen LogP contribution in [0.4, 0.5) is 11.4 Å². The molecule has 0 aliphatic rings. The second-order valence-electron chi connectivity index (χ2n) is 5.26. The lowest BCUT2D eigenvalue weighted by atomic mass is 10.2. The van der Waals surface area contributed by atoms with Gasteiger partial charge in [0.15, 0.2) is 0 Å². The van der Waals surface area contributed by atoms with Crippen LogP contribution in [0, 0.1) is 22.7 Å². The highest BCUT2D eigenvalue weighted by molar-refractivity contribution is 6.06. The van der Waals surface area contributed by atoms with Gasteiger partial charge in [-0.3, -0.25) is 4.79 Å². The van der Waals surface area contributed by atoms with E-state index in [1.807, 2.05) is 12.1 Å². The maximum absolute atomic E-state index is 12.2. The van der Waals surface area contributed by atoms with Gasteiger partial charge in [-0.05, 0) is 55.5 Å². The molecule has 2 N–H and O–H groups in total. The number of carbonyl (C=O) groups excluding carboxylic acids is 2. The molecular weight excluding hydrogens is 344 g/mol. The van der Waals surface area contributed by atoms with Crippen LogP contribution in [0.3, 0.4) is 0 Å². The summed E-state index contributed by atoms with van der Waals surface area (Å²) in [5.74, 6) is -1.04. The van der Waals surface area contributed by atoms with Gasteiger partial charge in [0.1, 0.15) is 11.6 Å². The molecule has 0 atom stereocenters. The average molecular weight is 360 g/mol. The second-order valence-corrected chi connectivity index (χ2v) is 5.26. The van der Waals surface area contributed by atoms with Crippen LogP contribution in [-0.4, -0.2) is 18.5 Å². The number of nitrogens with one attached hydrogen (secondary N) is 2. The molecular formula is C20H16N4O3. The van der Waals surface area contributed by atoms with Crippen molar-refractivity contribution in [1.82, 2.24) is 0 Å². The molecule has 0 saturated carbocycles. The number of nitrogens with zero attached hydrogens (tertiary/aromatic N) is 2. The summed E-state index contributed by atoms with van der Waals surface area (Å²) in [5, 5.41) is 23.4. The lowest BCUT2D eigenvalue weighted by Crippen LogP contribution is -2.14. The summed E-state index contributed by atoms with van der Waals surface area (Å²) in [6.45, 7) is 1.99. The lowest BCUT2D eigenvalue weighted by Gasteiger charge is -2.06. The van der Waals surface area contributed by atoms with Gasteiger partial charge in [-0.1, -0.05) is 0 Å². The van der Waals surface area contributed by atoms with Crippen molar-refractivity contribution in [3.63, 3.8) is 0 Å². The average Bonchev–Trinajstić information content (AvgIpc) is 2.69. The molecule has 0 aromatic heterocycles. The van der Waals surface area contributed by atoms with Crippen LogP contribution in [0.1, 0.15) is 22.8 Å². The standard InChI is InChI=1S/C20H16N4O3/c1-2-27-20(26)15-5-9-18(10-6-15)24-19(25)16(12-22)13-23-17-7-3-14(11-21)4-8-17/h3-10,13,23H,2H2,1H3,(H,24,25)/b16-13-. The van der Waals surface area contributed by atoms with Gasteiger partial charge >= 0.3 is 5.97 Å². The first-order chi connectivity index (χ1) is 13.1. The van der Waals surface area contributed by atoms with Gasteiger partial charge in [-0.15, -0.1) is 0 Å². The van der Waals surface area contributed by atoms with E-state index in [4.69, 9.17) is 10.00 Å². The Morgan fingerprint density at radius 3 is 2.22 bits per heavy atom. The molecule has 0 spiro atoms. The number of nitriles is 2. The summed E-state index contributed by atoms with van der Waals surface area (Å²) < 4.78 is 4.89. The normalized spacial score (nSPS) is 10.3. The molecule has 7 heteroatoms. The minimum Gasteiger partial charge on any atom is -0.462 e. The maximum Gasteiger partial charge on any atom is 0.338 e. The predicted molar refractivity (Wildman–Crippen MR) is 99.5 cm³/mol. The molecule has 2 rings (SSSR count). The van der Waals surface area contributed by atoms with Gasteiger partial charge in [-0.2, -0.15) is 10.5 Å². The molecule has 134 valence electrons. The van der Waals surface area contributed by atoms with E-state index in [9.17, 15) is 14.9 Å². The third-order valence-electron chi connectivity index (χ3n) is 3.42. The molecule has 2 aromatic carbocycles. The van der Waals surface area contributed by atoms with Crippen molar-refractivity contribution in [3.05, 3.63) is 71.4 Å². The highest BCUT2D eigenvalue weighted by atomic mass is 16.5. The fourth-order valence-corrected chi connectivity index (χ4v) is 2.05. The third kappa shape index (κ3) is 5.45. The van der Waals surface area contributed by atoms with E-state index in [1.165, 1.54) is 18.3 Å². The van der Waals surface area contributed by atoms with E-state index < -0.39 is 11.9 Å². The van der Waals surface area contributed by atoms with Crippen molar-refractivity contribution in [1.29, 1.82) is 10.5 Å². The fourth-order valence-electron chi connectivity index (χ4n) is 2.05. The first-order valence-corrected chi connectivity index (χ1v) is 8.03. The Kier molecular flexibility index (Phi) is 6.69. The summed E-state index contributed by atoms with van der Waals surface area (Å²) in [4.78, 5) is 23.8. The molecule has 1 amide bonds. The molecule has 0 aliphatic heterocycles. The Bertz CT molecular complexity index is 933. The van der Waals surface area contributed by atoms with Crippen LogP contribution in [-0.2, 0) is 9.53 Å². The number of ether oxygens (including phenoxy) is 1. The van der Waals surface area contributed by atoms with E-state index in [-0.39, 0.29) is 12.2 Å². The quantitative estimate of drug-likeness (QED) is 0.464. The zero-order chi connectivity index (χ0) is 19.6. The van der Waals surface area contributed by atoms with Crippen LogP contribution >= 0.6 is 0 Å². The Hall–Kier alpha value is -4.10. The van der Waals surface area contributed by atoms with Gasteiger partial charge in [0.05, 0.1) is 23.8 Å².